The van der Waals surface area contributed by atoms with Gasteiger partial charge < -0.3 is 14.8 Å². The molecule has 0 unspecified atom stereocenters. The fourth-order valence-electron chi connectivity index (χ4n) is 1.60. The Morgan fingerprint density at radius 3 is 2.67 bits per heavy atom. The fraction of sp³-hybridized carbons (Fsp3) is 0.462. The molecule has 3 N–H and O–H groups in total. The Bertz CT molecular complexity index is 586. The number of primary sulfonamides is 1. The molecule has 0 atom stereocenters. The summed E-state index contributed by atoms with van der Waals surface area (Å²) >= 11 is 0. The van der Waals surface area contributed by atoms with Gasteiger partial charge in [-0.25, -0.2) is 13.6 Å². The number of ether oxygens (including phenoxy) is 2. The van der Waals surface area contributed by atoms with Gasteiger partial charge in [0.05, 0.1) is 4.90 Å². The number of aryl methyl sites for hydroxylation is 1. The number of hydrogen-bond acceptors (Lipinski definition) is 5. The second-order valence-corrected chi connectivity index (χ2v) is 6.02. The highest BCUT2D eigenvalue weighted by Gasteiger charge is 2.11. The molecule has 0 spiro atoms. The average Bonchev–Trinajstić information content (AvgIpc) is 2.41. The van der Waals surface area contributed by atoms with Gasteiger partial charge in [0.2, 0.25) is 10.0 Å². The summed E-state index contributed by atoms with van der Waals surface area (Å²) in [5.74, 6) is 0.190. The summed E-state index contributed by atoms with van der Waals surface area (Å²) in [5.41, 5.74) is 0.591. The van der Waals surface area contributed by atoms with E-state index in [0.717, 1.165) is 6.42 Å². The van der Waals surface area contributed by atoms with Gasteiger partial charge in [0, 0.05) is 20.3 Å². The van der Waals surface area contributed by atoms with E-state index in [1.165, 1.54) is 18.2 Å². The van der Waals surface area contributed by atoms with Crippen LogP contribution in [0, 0.1) is 6.92 Å². The van der Waals surface area contributed by atoms with Crippen molar-refractivity contribution >= 4 is 15.9 Å². The normalized spacial score (nSPS) is 11.2. The van der Waals surface area contributed by atoms with Crippen molar-refractivity contribution in [3.63, 3.8) is 0 Å². The van der Waals surface area contributed by atoms with Crippen LogP contribution in [0.25, 0.3) is 0 Å². The quantitative estimate of drug-likeness (QED) is 0.665. The molecule has 1 amide bonds. The highest BCUT2D eigenvalue weighted by molar-refractivity contribution is 7.89. The smallest absolute Gasteiger partial charge is 0.257 e. The third-order valence-corrected chi connectivity index (χ3v) is 3.59. The lowest BCUT2D eigenvalue weighted by molar-refractivity contribution is -0.123. The van der Waals surface area contributed by atoms with Crippen LogP contribution in [-0.2, 0) is 19.6 Å². The zero-order valence-corrected chi connectivity index (χ0v) is 12.9. The lowest BCUT2D eigenvalue weighted by Gasteiger charge is -2.10. The van der Waals surface area contributed by atoms with Crippen LogP contribution in [0.5, 0.6) is 5.75 Å². The molecule has 0 heterocycles. The molecule has 1 aromatic carbocycles. The fourth-order valence-corrected chi connectivity index (χ4v) is 2.20. The van der Waals surface area contributed by atoms with Gasteiger partial charge in [-0.3, -0.25) is 4.79 Å². The number of nitrogens with two attached hydrogens (primary N) is 1. The first-order valence-electron chi connectivity index (χ1n) is 6.36. The summed E-state index contributed by atoms with van der Waals surface area (Å²) < 4.78 is 32.6. The van der Waals surface area contributed by atoms with E-state index in [9.17, 15) is 13.2 Å². The first-order valence-corrected chi connectivity index (χ1v) is 7.91. The number of methoxy groups -OCH3 is 1. The van der Waals surface area contributed by atoms with E-state index >= 15 is 0 Å². The minimum atomic E-state index is -3.74. The van der Waals surface area contributed by atoms with E-state index in [1.54, 1.807) is 14.0 Å². The van der Waals surface area contributed by atoms with Crippen molar-refractivity contribution in [3.8, 4) is 5.75 Å². The van der Waals surface area contributed by atoms with Gasteiger partial charge in [-0.1, -0.05) is 0 Å². The van der Waals surface area contributed by atoms with Crippen molar-refractivity contribution < 1.29 is 22.7 Å². The van der Waals surface area contributed by atoms with Gasteiger partial charge in [0.25, 0.3) is 5.91 Å². The van der Waals surface area contributed by atoms with Crippen LogP contribution in [0.15, 0.2) is 23.1 Å². The molecule has 0 fully saturated rings. The monoisotopic (exact) mass is 316 g/mol. The molecule has 1 rings (SSSR count). The largest absolute Gasteiger partial charge is 0.484 e. The zero-order valence-electron chi connectivity index (χ0n) is 12.1. The molecule has 0 aromatic heterocycles. The predicted molar refractivity (Wildman–Crippen MR) is 77.5 cm³/mol. The number of carbonyl (C=O) groups excluding carboxylic acids is 1. The molecule has 118 valence electrons. The molecule has 0 aliphatic heterocycles. The molecule has 0 radical (unpaired) electrons. The highest BCUT2D eigenvalue weighted by Crippen LogP contribution is 2.20. The Morgan fingerprint density at radius 1 is 1.38 bits per heavy atom. The second-order valence-electron chi connectivity index (χ2n) is 4.46. The third kappa shape index (κ3) is 6.11. The summed E-state index contributed by atoms with van der Waals surface area (Å²) in [6.45, 7) is 2.64. The van der Waals surface area contributed by atoms with E-state index in [2.05, 4.69) is 5.32 Å². The lowest BCUT2D eigenvalue weighted by atomic mass is 10.2. The van der Waals surface area contributed by atoms with Crippen LogP contribution >= 0.6 is 0 Å². The minimum absolute atomic E-state index is 0.0105. The summed E-state index contributed by atoms with van der Waals surface area (Å²) in [6.07, 6.45) is 0.727. The molecular formula is C13H20N2O5S. The van der Waals surface area contributed by atoms with Crippen molar-refractivity contribution in [1.82, 2.24) is 5.32 Å². The molecule has 0 bridgehead atoms. The van der Waals surface area contributed by atoms with Crippen LogP contribution in [0.2, 0.25) is 0 Å². The molecule has 0 saturated heterocycles. The van der Waals surface area contributed by atoms with Crippen molar-refractivity contribution in [2.45, 2.75) is 18.2 Å². The maximum atomic E-state index is 11.5. The van der Waals surface area contributed by atoms with Crippen LogP contribution < -0.4 is 15.2 Å². The Hall–Kier alpha value is -1.64. The maximum absolute atomic E-state index is 11.5. The molecule has 0 aliphatic rings. The summed E-state index contributed by atoms with van der Waals surface area (Å²) in [4.78, 5) is 11.5. The van der Waals surface area contributed by atoms with E-state index in [4.69, 9.17) is 14.6 Å². The van der Waals surface area contributed by atoms with Gasteiger partial charge in [-0.2, -0.15) is 0 Å². The van der Waals surface area contributed by atoms with E-state index in [1.807, 2.05) is 0 Å². The van der Waals surface area contributed by atoms with Crippen LogP contribution in [0.4, 0.5) is 0 Å². The van der Waals surface area contributed by atoms with Crippen molar-refractivity contribution in [2.24, 2.45) is 5.14 Å². The Kier molecular flexibility index (Phi) is 6.60. The van der Waals surface area contributed by atoms with E-state index < -0.39 is 10.0 Å². The highest BCUT2D eigenvalue weighted by atomic mass is 32.2. The number of carbonyl (C=O) groups is 1. The number of rotatable bonds is 8. The Balaban J connectivity index is 2.51. The molecule has 8 heteroatoms. The van der Waals surface area contributed by atoms with Crippen molar-refractivity contribution in [1.29, 1.82) is 0 Å². The van der Waals surface area contributed by atoms with E-state index in [0.29, 0.717) is 24.5 Å². The summed E-state index contributed by atoms with van der Waals surface area (Å²) in [6, 6.07) is 4.22. The molecule has 21 heavy (non-hydrogen) atoms. The van der Waals surface area contributed by atoms with E-state index in [-0.39, 0.29) is 17.4 Å². The Morgan fingerprint density at radius 2 is 2.10 bits per heavy atom. The topological polar surface area (TPSA) is 108 Å². The first kappa shape index (κ1) is 17.4. The van der Waals surface area contributed by atoms with Gasteiger partial charge >= 0.3 is 0 Å². The second kappa shape index (κ2) is 7.96. The van der Waals surface area contributed by atoms with Gasteiger partial charge in [0.15, 0.2) is 6.61 Å². The predicted octanol–water partition coefficient (Wildman–Crippen LogP) is 0.174. The molecule has 0 saturated carbocycles. The molecule has 0 aliphatic carbocycles. The average molecular weight is 316 g/mol. The summed E-state index contributed by atoms with van der Waals surface area (Å²) in [7, 11) is -2.14. The first-order chi connectivity index (χ1) is 9.84. The number of amides is 1. The lowest BCUT2D eigenvalue weighted by Crippen LogP contribution is -2.30. The van der Waals surface area contributed by atoms with Gasteiger partial charge in [0.1, 0.15) is 5.75 Å². The van der Waals surface area contributed by atoms with Crippen LogP contribution in [-0.4, -0.2) is 41.2 Å². The number of benzene rings is 1. The van der Waals surface area contributed by atoms with Gasteiger partial charge in [-0.15, -0.1) is 0 Å². The van der Waals surface area contributed by atoms with Crippen LogP contribution in [0.3, 0.4) is 0 Å². The standard InChI is InChI=1S/C13H20N2O5S/c1-10-8-11(21(14,17)18)4-5-12(10)20-9-13(16)15-6-3-7-19-2/h4-5,8H,3,6-7,9H2,1-2H3,(H,15,16)(H2,14,17,18). The SMILES string of the molecule is COCCCNC(=O)COc1ccc(S(N)(=O)=O)cc1C. The van der Waals surface area contributed by atoms with Gasteiger partial charge in [-0.05, 0) is 37.1 Å². The minimum Gasteiger partial charge on any atom is -0.484 e. The van der Waals surface area contributed by atoms with Crippen molar-refractivity contribution in [3.05, 3.63) is 23.8 Å². The number of hydrogen-bond donors (Lipinski definition) is 2. The number of sulfonamides is 1. The van der Waals surface area contributed by atoms with Crippen molar-refractivity contribution in [2.75, 3.05) is 26.9 Å². The summed E-state index contributed by atoms with van der Waals surface area (Å²) in [5, 5.41) is 7.72. The maximum Gasteiger partial charge on any atom is 0.257 e. The number of nitrogens with one attached hydrogen (secondary N) is 1. The third-order valence-electron chi connectivity index (χ3n) is 2.68. The Labute approximate surface area is 124 Å². The molecule has 1 aromatic rings. The van der Waals surface area contributed by atoms with Crippen LogP contribution in [0.1, 0.15) is 12.0 Å². The molecular weight excluding hydrogens is 296 g/mol. The zero-order chi connectivity index (χ0) is 15.9. The molecule has 7 nitrogen and oxygen atoms in total.